The van der Waals surface area contributed by atoms with Gasteiger partial charge in [0, 0.05) is 29.8 Å². The molecule has 0 fully saturated rings. The number of halogens is 3. The van der Waals surface area contributed by atoms with E-state index in [1.807, 2.05) is 42.5 Å². The Morgan fingerprint density at radius 2 is 1.52 bits per heavy atom. The summed E-state index contributed by atoms with van der Waals surface area (Å²) in [6.07, 6.45) is -3.43. The molecule has 1 amide bonds. The lowest BCUT2D eigenvalue weighted by Crippen LogP contribution is -2.42. The number of rotatable bonds is 5. The van der Waals surface area contributed by atoms with Crippen LogP contribution < -0.4 is 9.64 Å². The van der Waals surface area contributed by atoms with Crippen LogP contribution in [0.1, 0.15) is 39.9 Å². The molecule has 0 saturated carbocycles. The van der Waals surface area contributed by atoms with Crippen molar-refractivity contribution in [3.05, 3.63) is 125 Å². The Morgan fingerprint density at radius 3 is 2.25 bits per heavy atom. The summed E-state index contributed by atoms with van der Waals surface area (Å²) in [7, 11) is 0. The molecule has 40 heavy (non-hydrogen) atoms. The maximum absolute atomic E-state index is 14.5. The van der Waals surface area contributed by atoms with Crippen molar-refractivity contribution < 1.29 is 27.5 Å². The molecule has 2 aliphatic heterocycles. The summed E-state index contributed by atoms with van der Waals surface area (Å²) in [4.78, 5) is 20.2. The number of anilines is 1. The first kappa shape index (κ1) is 25.7. The van der Waals surface area contributed by atoms with E-state index in [1.54, 1.807) is 41.3 Å². The number of ether oxygens (including phenoxy) is 1. The highest BCUT2D eigenvalue weighted by molar-refractivity contribution is 6.08. The van der Waals surface area contributed by atoms with Crippen molar-refractivity contribution in [2.24, 2.45) is 5.16 Å². The Labute approximate surface area is 229 Å². The summed E-state index contributed by atoms with van der Waals surface area (Å²) < 4.78 is 49.1. The second-order valence-corrected chi connectivity index (χ2v) is 9.84. The van der Waals surface area contributed by atoms with E-state index in [1.165, 1.54) is 24.3 Å². The van der Waals surface area contributed by atoms with Crippen molar-refractivity contribution in [1.29, 1.82) is 0 Å². The maximum atomic E-state index is 14.5. The van der Waals surface area contributed by atoms with Gasteiger partial charge in [0.15, 0.2) is 0 Å². The molecule has 8 heteroatoms. The maximum Gasteiger partial charge on any atom is 0.435 e. The van der Waals surface area contributed by atoms with Crippen LogP contribution in [0.4, 0.5) is 18.9 Å². The minimum atomic E-state index is -4.72. The summed E-state index contributed by atoms with van der Waals surface area (Å²) in [5.41, 5.74) is 0.395. The van der Waals surface area contributed by atoms with E-state index in [0.717, 1.165) is 24.1 Å². The van der Waals surface area contributed by atoms with E-state index in [2.05, 4.69) is 5.16 Å². The third-order valence-corrected chi connectivity index (χ3v) is 7.31. The number of carbonyl (C=O) groups is 1. The fourth-order valence-electron chi connectivity index (χ4n) is 5.18. The van der Waals surface area contributed by atoms with Crippen LogP contribution in [0.25, 0.3) is 0 Å². The molecule has 202 valence electrons. The highest BCUT2D eigenvalue weighted by Gasteiger charge is 2.62. The average molecular weight is 543 g/mol. The van der Waals surface area contributed by atoms with E-state index in [0.29, 0.717) is 29.2 Å². The summed E-state index contributed by atoms with van der Waals surface area (Å²) in [5.74, 6) is 0.837. The lowest BCUT2D eigenvalue weighted by molar-refractivity contribution is -0.275. The number of para-hydroxylation sites is 2. The minimum absolute atomic E-state index is 0.0743. The molecular weight excluding hydrogens is 517 g/mol. The SMILES string of the molecule is O=C(c1ccc(C2=NOC(c3ccc(Oc4ccccc4)cc3)(C(F)(F)F)C2)cc1)N1CCCc2ccccc21. The zero-order valence-corrected chi connectivity index (χ0v) is 21.4. The highest BCUT2D eigenvalue weighted by atomic mass is 19.4. The van der Waals surface area contributed by atoms with Gasteiger partial charge in [0.25, 0.3) is 11.5 Å². The molecule has 6 rings (SSSR count). The van der Waals surface area contributed by atoms with Crippen molar-refractivity contribution in [1.82, 2.24) is 0 Å². The summed E-state index contributed by atoms with van der Waals surface area (Å²) in [6.45, 7) is 0.613. The zero-order chi connectivity index (χ0) is 27.7. The van der Waals surface area contributed by atoms with Gasteiger partial charge in [-0.15, -0.1) is 0 Å². The predicted molar refractivity (Wildman–Crippen MR) is 146 cm³/mol. The van der Waals surface area contributed by atoms with Crippen LogP contribution in [0, 0.1) is 0 Å². The molecule has 0 radical (unpaired) electrons. The van der Waals surface area contributed by atoms with Gasteiger partial charge >= 0.3 is 6.18 Å². The molecular formula is C32H25F3N2O3. The van der Waals surface area contributed by atoms with Crippen molar-refractivity contribution in [3.8, 4) is 11.5 Å². The van der Waals surface area contributed by atoms with E-state index in [-0.39, 0.29) is 17.2 Å². The monoisotopic (exact) mass is 542 g/mol. The van der Waals surface area contributed by atoms with Gasteiger partial charge in [-0.25, -0.2) is 0 Å². The fraction of sp³-hybridized carbons (Fsp3) is 0.188. The predicted octanol–water partition coefficient (Wildman–Crippen LogP) is 7.65. The molecule has 1 unspecified atom stereocenters. The van der Waals surface area contributed by atoms with Gasteiger partial charge in [0.1, 0.15) is 11.5 Å². The number of hydrogen-bond acceptors (Lipinski definition) is 4. The van der Waals surface area contributed by atoms with Gasteiger partial charge in [0.2, 0.25) is 0 Å². The molecule has 0 bridgehead atoms. The third-order valence-electron chi connectivity index (χ3n) is 7.31. The number of hydrogen-bond donors (Lipinski definition) is 0. The first-order chi connectivity index (χ1) is 19.3. The average Bonchev–Trinajstić information content (AvgIpc) is 3.45. The van der Waals surface area contributed by atoms with Crippen molar-refractivity contribution in [3.63, 3.8) is 0 Å². The second kappa shape index (κ2) is 10.2. The summed E-state index contributed by atoms with van der Waals surface area (Å²) in [6, 6.07) is 29.0. The van der Waals surface area contributed by atoms with Crippen LogP contribution in [0.3, 0.4) is 0 Å². The molecule has 0 spiro atoms. The molecule has 2 heterocycles. The van der Waals surface area contributed by atoms with Crippen LogP contribution in [0.15, 0.2) is 108 Å². The number of aryl methyl sites for hydroxylation is 1. The Kier molecular flexibility index (Phi) is 6.54. The highest BCUT2D eigenvalue weighted by Crippen LogP contribution is 2.49. The Morgan fingerprint density at radius 1 is 0.850 bits per heavy atom. The van der Waals surface area contributed by atoms with Crippen molar-refractivity contribution in [2.45, 2.75) is 31.0 Å². The lowest BCUT2D eigenvalue weighted by atomic mass is 9.86. The van der Waals surface area contributed by atoms with E-state index >= 15 is 0 Å². The van der Waals surface area contributed by atoms with Crippen LogP contribution in [0.5, 0.6) is 11.5 Å². The van der Waals surface area contributed by atoms with E-state index in [4.69, 9.17) is 9.57 Å². The molecule has 0 N–H and O–H groups in total. The second-order valence-electron chi connectivity index (χ2n) is 9.84. The van der Waals surface area contributed by atoms with Crippen LogP contribution >= 0.6 is 0 Å². The van der Waals surface area contributed by atoms with E-state index in [9.17, 15) is 18.0 Å². The Hall–Kier alpha value is -4.59. The molecule has 2 aliphatic rings. The summed E-state index contributed by atoms with van der Waals surface area (Å²) >= 11 is 0. The quantitative estimate of drug-likeness (QED) is 0.260. The fourth-order valence-corrected chi connectivity index (χ4v) is 5.18. The lowest BCUT2D eigenvalue weighted by Gasteiger charge is -2.29. The molecule has 4 aromatic rings. The number of benzene rings is 4. The number of nitrogens with zero attached hydrogens (tertiary/aromatic N) is 2. The van der Waals surface area contributed by atoms with Gasteiger partial charge in [-0.3, -0.25) is 4.79 Å². The van der Waals surface area contributed by atoms with Crippen LogP contribution in [-0.2, 0) is 16.9 Å². The molecule has 4 aromatic carbocycles. The molecule has 0 aromatic heterocycles. The molecule has 1 atom stereocenters. The number of fused-ring (bicyclic) bond motifs is 1. The largest absolute Gasteiger partial charge is 0.457 e. The smallest absolute Gasteiger partial charge is 0.435 e. The van der Waals surface area contributed by atoms with Gasteiger partial charge in [-0.1, -0.05) is 65.8 Å². The van der Waals surface area contributed by atoms with Gasteiger partial charge in [-0.05, 0) is 66.4 Å². The van der Waals surface area contributed by atoms with Crippen LogP contribution in [0.2, 0.25) is 0 Å². The Balaban J connectivity index is 1.20. The number of amides is 1. The van der Waals surface area contributed by atoms with Gasteiger partial charge in [-0.2, -0.15) is 13.2 Å². The van der Waals surface area contributed by atoms with E-state index < -0.39 is 18.2 Å². The van der Waals surface area contributed by atoms with Gasteiger partial charge < -0.3 is 14.5 Å². The topological polar surface area (TPSA) is 51.1 Å². The van der Waals surface area contributed by atoms with Crippen molar-refractivity contribution in [2.75, 3.05) is 11.4 Å². The first-order valence-electron chi connectivity index (χ1n) is 13.0. The molecule has 0 aliphatic carbocycles. The molecule has 0 saturated heterocycles. The van der Waals surface area contributed by atoms with Crippen LogP contribution in [-0.4, -0.2) is 24.3 Å². The Bertz CT molecular complexity index is 1550. The van der Waals surface area contributed by atoms with Crippen molar-refractivity contribution >= 4 is 17.3 Å². The zero-order valence-electron chi connectivity index (χ0n) is 21.4. The standard InChI is InChI=1S/C32H25F3N2O3/c33-32(34,35)31(25-16-18-27(19-17-25)39-26-9-2-1-3-10-26)21-28(36-40-31)22-12-14-24(15-13-22)30(38)37-20-6-8-23-7-4-5-11-29(23)37/h1-5,7,9-19H,6,8,20-21H2. The minimum Gasteiger partial charge on any atom is -0.457 e. The molecule has 5 nitrogen and oxygen atoms in total. The number of alkyl halides is 3. The third kappa shape index (κ3) is 4.70. The number of oxime groups is 1. The summed E-state index contributed by atoms with van der Waals surface area (Å²) in [5, 5.41) is 3.86. The number of carbonyl (C=O) groups excluding carboxylic acids is 1. The normalized spacial score (nSPS) is 18.5. The first-order valence-corrected chi connectivity index (χ1v) is 13.0. The van der Waals surface area contributed by atoms with Gasteiger partial charge in [0.05, 0.1) is 5.71 Å².